The minimum atomic E-state index is 0.205. The van der Waals surface area contributed by atoms with E-state index in [-0.39, 0.29) is 5.41 Å². The van der Waals surface area contributed by atoms with Crippen molar-refractivity contribution < 1.29 is 4.52 Å². The second-order valence-electron chi connectivity index (χ2n) is 5.92. The van der Waals surface area contributed by atoms with Gasteiger partial charge in [-0.3, -0.25) is 0 Å². The fourth-order valence-electron chi connectivity index (χ4n) is 3.18. The van der Waals surface area contributed by atoms with Crippen molar-refractivity contribution in [3.05, 3.63) is 11.7 Å². The fraction of sp³-hybridized carbons (Fsp3) is 0.857. The molecule has 0 amide bonds. The third-order valence-electron chi connectivity index (χ3n) is 4.46. The largest absolute Gasteiger partial charge is 0.339 e. The Morgan fingerprint density at radius 1 is 1.25 bits per heavy atom. The molecule has 112 valence electrons. The number of hydrogen-bond acceptors (Lipinski definition) is 6. The third kappa shape index (κ3) is 3.34. The molecule has 4 nitrogen and oxygen atoms in total. The first-order valence-electron chi connectivity index (χ1n) is 7.53. The predicted molar refractivity (Wildman–Crippen MR) is 85.1 cm³/mol. The van der Waals surface area contributed by atoms with Gasteiger partial charge in [0.25, 0.3) is 0 Å². The van der Waals surface area contributed by atoms with Crippen molar-refractivity contribution in [2.45, 2.75) is 43.8 Å². The molecule has 20 heavy (non-hydrogen) atoms. The molecule has 1 aromatic rings. The molecule has 2 aliphatic rings. The van der Waals surface area contributed by atoms with Gasteiger partial charge in [0.2, 0.25) is 5.89 Å². The first-order chi connectivity index (χ1) is 9.81. The molecule has 1 aliphatic heterocycles. The molecule has 1 saturated carbocycles. The van der Waals surface area contributed by atoms with E-state index in [1.165, 1.54) is 43.6 Å². The summed E-state index contributed by atoms with van der Waals surface area (Å²) in [6.07, 6.45) is 7.18. The minimum Gasteiger partial charge on any atom is -0.339 e. The van der Waals surface area contributed by atoms with Gasteiger partial charge in [-0.15, -0.1) is 11.8 Å². The number of aromatic nitrogens is 2. The molecule has 0 bridgehead atoms. The van der Waals surface area contributed by atoms with Crippen molar-refractivity contribution in [2.75, 3.05) is 23.8 Å². The van der Waals surface area contributed by atoms with Crippen molar-refractivity contribution in [3.63, 3.8) is 0 Å². The van der Waals surface area contributed by atoms with Crippen LogP contribution in [0.15, 0.2) is 4.52 Å². The standard InChI is InChI=1S/C14H23N3OS2/c15-10-14(4-2-1-3-5-14)8-12-16-13(17-18-12)11-9-19-6-7-20-11/h11H,1-10,15H2. The van der Waals surface area contributed by atoms with Gasteiger partial charge >= 0.3 is 0 Å². The molecule has 2 N–H and O–H groups in total. The highest BCUT2D eigenvalue weighted by atomic mass is 32.2. The van der Waals surface area contributed by atoms with E-state index in [0.717, 1.165) is 30.4 Å². The van der Waals surface area contributed by atoms with Crippen LogP contribution >= 0.6 is 23.5 Å². The molecule has 1 aliphatic carbocycles. The van der Waals surface area contributed by atoms with Crippen LogP contribution in [0.25, 0.3) is 0 Å². The monoisotopic (exact) mass is 313 g/mol. The summed E-state index contributed by atoms with van der Waals surface area (Å²) in [5.74, 6) is 5.21. The van der Waals surface area contributed by atoms with E-state index in [1.54, 1.807) is 0 Å². The Labute approximate surface area is 129 Å². The predicted octanol–water partition coefficient (Wildman–Crippen LogP) is 3.04. The summed E-state index contributed by atoms with van der Waals surface area (Å²) in [7, 11) is 0. The van der Waals surface area contributed by atoms with Gasteiger partial charge in [-0.2, -0.15) is 16.7 Å². The lowest BCUT2D eigenvalue weighted by atomic mass is 9.72. The maximum absolute atomic E-state index is 6.04. The third-order valence-corrected chi connectivity index (χ3v) is 7.21. The van der Waals surface area contributed by atoms with Gasteiger partial charge in [0.1, 0.15) is 0 Å². The minimum absolute atomic E-state index is 0.205. The molecule has 1 atom stereocenters. The Morgan fingerprint density at radius 2 is 2.10 bits per heavy atom. The highest BCUT2D eigenvalue weighted by Gasteiger charge is 2.33. The SMILES string of the molecule is NCC1(Cc2nc(C3CSCCS3)no2)CCCCC1. The average molecular weight is 313 g/mol. The summed E-state index contributed by atoms with van der Waals surface area (Å²) in [6, 6.07) is 0. The van der Waals surface area contributed by atoms with Crippen molar-refractivity contribution >= 4 is 23.5 Å². The van der Waals surface area contributed by atoms with E-state index < -0.39 is 0 Å². The van der Waals surface area contributed by atoms with Gasteiger partial charge in [0, 0.05) is 23.7 Å². The van der Waals surface area contributed by atoms with E-state index in [2.05, 4.69) is 10.1 Å². The Balaban J connectivity index is 1.66. The summed E-state index contributed by atoms with van der Waals surface area (Å²) < 4.78 is 5.51. The van der Waals surface area contributed by atoms with Gasteiger partial charge < -0.3 is 10.3 Å². The van der Waals surface area contributed by atoms with E-state index in [4.69, 9.17) is 10.3 Å². The summed E-state index contributed by atoms with van der Waals surface area (Å²) in [4.78, 5) is 4.65. The van der Waals surface area contributed by atoms with Gasteiger partial charge in [-0.1, -0.05) is 24.4 Å². The molecule has 0 radical (unpaired) electrons. The smallest absolute Gasteiger partial charge is 0.227 e. The Hall–Kier alpha value is -0.200. The van der Waals surface area contributed by atoms with Gasteiger partial charge in [0.15, 0.2) is 5.82 Å². The first-order valence-corrected chi connectivity index (χ1v) is 9.74. The summed E-state index contributed by atoms with van der Waals surface area (Å²) in [6.45, 7) is 0.735. The Morgan fingerprint density at radius 3 is 2.80 bits per heavy atom. The fourth-order valence-corrected chi connectivity index (χ4v) is 5.77. The number of nitrogens with zero attached hydrogens (tertiary/aromatic N) is 2. The Bertz CT molecular complexity index is 426. The molecule has 2 fully saturated rings. The lowest BCUT2D eigenvalue weighted by Crippen LogP contribution is -2.35. The first kappa shape index (κ1) is 14.7. The lowest BCUT2D eigenvalue weighted by molar-refractivity contribution is 0.177. The van der Waals surface area contributed by atoms with Crippen LogP contribution in [0.2, 0.25) is 0 Å². The highest BCUT2D eigenvalue weighted by molar-refractivity contribution is 8.06. The highest BCUT2D eigenvalue weighted by Crippen LogP contribution is 2.39. The molecule has 1 saturated heterocycles. The van der Waals surface area contributed by atoms with Crippen LogP contribution in [0.4, 0.5) is 0 Å². The normalized spacial score (nSPS) is 26.6. The zero-order chi connectivity index (χ0) is 13.8. The number of hydrogen-bond donors (Lipinski definition) is 1. The molecule has 2 heterocycles. The second kappa shape index (κ2) is 6.71. The number of thioether (sulfide) groups is 2. The van der Waals surface area contributed by atoms with Crippen molar-refractivity contribution in [1.29, 1.82) is 0 Å². The summed E-state index contributed by atoms with van der Waals surface area (Å²) in [5, 5.41) is 4.62. The van der Waals surface area contributed by atoms with Crippen LogP contribution < -0.4 is 5.73 Å². The summed E-state index contributed by atoms with van der Waals surface area (Å²) >= 11 is 3.93. The van der Waals surface area contributed by atoms with Crippen LogP contribution in [0.1, 0.15) is 49.1 Å². The van der Waals surface area contributed by atoms with E-state index >= 15 is 0 Å². The number of nitrogens with two attached hydrogens (primary N) is 1. The zero-order valence-corrected chi connectivity index (χ0v) is 13.5. The Kier molecular flexibility index (Phi) is 4.94. The van der Waals surface area contributed by atoms with Crippen molar-refractivity contribution in [3.8, 4) is 0 Å². The molecule has 0 aromatic carbocycles. The van der Waals surface area contributed by atoms with E-state index in [9.17, 15) is 0 Å². The topological polar surface area (TPSA) is 64.9 Å². The molecule has 1 aromatic heterocycles. The van der Waals surface area contributed by atoms with Crippen LogP contribution in [-0.2, 0) is 6.42 Å². The second-order valence-corrected chi connectivity index (χ2v) is 8.38. The summed E-state index contributed by atoms with van der Waals surface area (Å²) in [5.41, 5.74) is 6.24. The molecule has 1 unspecified atom stereocenters. The van der Waals surface area contributed by atoms with Crippen molar-refractivity contribution in [2.24, 2.45) is 11.1 Å². The van der Waals surface area contributed by atoms with Crippen LogP contribution in [0.3, 0.4) is 0 Å². The van der Waals surface area contributed by atoms with Gasteiger partial charge in [0.05, 0.1) is 5.25 Å². The van der Waals surface area contributed by atoms with E-state index in [1.807, 2.05) is 23.5 Å². The number of rotatable bonds is 4. The maximum Gasteiger partial charge on any atom is 0.227 e. The molecule has 6 heteroatoms. The zero-order valence-electron chi connectivity index (χ0n) is 11.8. The van der Waals surface area contributed by atoms with Crippen LogP contribution in [0.5, 0.6) is 0 Å². The maximum atomic E-state index is 6.04. The quantitative estimate of drug-likeness (QED) is 0.921. The molecule has 0 spiro atoms. The van der Waals surface area contributed by atoms with E-state index in [0.29, 0.717) is 5.25 Å². The molecular formula is C14H23N3OS2. The van der Waals surface area contributed by atoms with Gasteiger partial charge in [-0.25, -0.2) is 0 Å². The van der Waals surface area contributed by atoms with Crippen LogP contribution in [-0.4, -0.2) is 33.9 Å². The molecule has 3 rings (SSSR count). The van der Waals surface area contributed by atoms with Crippen LogP contribution in [0, 0.1) is 5.41 Å². The molecular weight excluding hydrogens is 290 g/mol. The average Bonchev–Trinajstić information content (AvgIpc) is 2.97. The van der Waals surface area contributed by atoms with Gasteiger partial charge in [-0.05, 0) is 24.8 Å². The lowest BCUT2D eigenvalue weighted by Gasteiger charge is -2.34. The van der Waals surface area contributed by atoms with Crippen molar-refractivity contribution in [1.82, 2.24) is 10.1 Å².